The van der Waals surface area contributed by atoms with Gasteiger partial charge in [0.05, 0.1) is 11.0 Å². The maximum atomic E-state index is 11.2. The van der Waals surface area contributed by atoms with Crippen molar-refractivity contribution in [2.75, 3.05) is 0 Å². The summed E-state index contributed by atoms with van der Waals surface area (Å²) >= 11 is 0. The van der Waals surface area contributed by atoms with E-state index in [1.165, 1.54) is 6.08 Å². The first kappa shape index (κ1) is 16.8. The Kier molecular flexibility index (Phi) is 4.51. The lowest BCUT2D eigenvalue weighted by Crippen LogP contribution is -2.14. The monoisotopic (exact) mass is 355 g/mol. The van der Waals surface area contributed by atoms with E-state index in [9.17, 15) is 4.79 Å². The minimum absolute atomic E-state index is 0.572. The third-order valence-electron chi connectivity index (χ3n) is 4.26. The number of hydrogen-bond donors (Lipinski definition) is 2. The molecule has 27 heavy (non-hydrogen) atoms. The number of hydrogen-bond acceptors (Lipinski definition) is 3. The summed E-state index contributed by atoms with van der Waals surface area (Å²) in [5.41, 5.74) is 6.33. The fourth-order valence-electron chi connectivity index (χ4n) is 3.05. The molecule has 1 amide bonds. The summed E-state index contributed by atoms with van der Waals surface area (Å²) in [6.45, 7) is 0. The molecule has 0 bridgehead atoms. The zero-order chi connectivity index (χ0) is 18.6. The number of aromatic nitrogens is 2. The fraction of sp³-hybridized carbons (Fsp3) is 0. The Morgan fingerprint density at radius 1 is 0.963 bits per heavy atom. The van der Waals surface area contributed by atoms with Crippen molar-refractivity contribution in [2.45, 2.75) is 0 Å². The maximum Gasteiger partial charge on any atom is 0.267 e. The summed E-state index contributed by atoms with van der Waals surface area (Å²) in [6.07, 6.45) is 2.92. The molecule has 4 aromatic rings. The summed E-state index contributed by atoms with van der Waals surface area (Å²) in [5, 5.41) is 8.62. The van der Waals surface area contributed by atoms with Gasteiger partial charge >= 0.3 is 0 Å². The van der Waals surface area contributed by atoms with Gasteiger partial charge < -0.3 is 0 Å². The highest BCUT2D eigenvalue weighted by atomic mass is 16.5. The molecule has 0 fully saturated rings. The highest BCUT2D eigenvalue weighted by Crippen LogP contribution is 2.29. The first-order valence-electron chi connectivity index (χ1n) is 8.52. The largest absolute Gasteiger partial charge is 0.292 e. The first-order chi connectivity index (χ1) is 13.3. The van der Waals surface area contributed by atoms with Crippen molar-refractivity contribution >= 4 is 23.0 Å². The van der Waals surface area contributed by atoms with Crippen molar-refractivity contribution in [3.05, 3.63) is 90.5 Å². The lowest BCUT2D eigenvalue weighted by molar-refractivity contribution is -0.124. The molecule has 2 N–H and O–H groups in total. The van der Waals surface area contributed by atoms with E-state index in [0.717, 1.165) is 33.7 Å². The van der Waals surface area contributed by atoms with Crippen LogP contribution in [0.1, 0.15) is 5.56 Å². The molecule has 5 heteroatoms. The van der Waals surface area contributed by atoms with Crippen LogP contribution in [0.2, 0.25) is 0 Å². The van der Waals surface area contributed by atoms with Crippen molar-refractivity contribution in [1.82, 2.24) is 15.0 Å². The minimum atomic E-state index is -0.572. The highest BCUT2D eigenvalue weighted by molar-refractivity contribution is 5.91. The van der Waals surface area contributed by atoms with Gasteiger partial charge in [-0.25, -0.2) is 10.5 Å². The number of fused-ring (bicyclic) bond motifs is 1. The average molecular weight is 355 g/mol. The van der Waals surface area contributed by atoms with E-state index in [0.29, 0.717) is 0 Å². The van der Waals surface area contributed by atoms with Crippen LogP contribution in [0.25, 0.3) is 34.2 Å². The van der Waals surface area contributed by atoms with Gasteiger partial charge in [-0.3, -0.25) is 14.6 Å². The van der Waals surface area contributed by atoms with Gasteiger partial charge in [0.1, 0.15) is 5.82 Å². The molecule has 4 rings (SSSR count). The van der Waals surface area contributed by atoms with Crippen molar-refractivity contribution in [2.24, 2.45) is 0 Å². The predicted molar refractivity (Wildman–Crippen MR) is 105 cm³/mol. The number of hydroxylamine groups is 1. The molecule has 0 radical (unpaired) electrons. The summed E-state index contributed by atoms with van der Waals surface area (Å²) in [6, 6.07) is 25.9. The number of carbonyl (C=O) groups excluding carboxylic acids is 1. The molecule has 0 atom stereocenters. The van der Waals surface area contributed by atoms with Crippen LogP contribution >= 0.6 is 0 Å². The van der Waals surface area contributed by atoms with Crippen molar-refractivity contribution in [3.63, 3.8) is 0 Å². The van der Waals surface area contributed by atoms with E-state index < -0.39 is 5.91 Å². The highest BCUT2D eigenvalue weighted by Gasteiger charge is 2.13. The first-order valence-corrected chi connectivity index (χ1v) is 8.52. The molecule has 3 aromatic carbocycles. The van der Waals surface area contributed by atoms with Crippen LogP contribution in [-0.2, 0) is 4.79 Å². The van der Waals surface area contributed by atoms with Gasteiger partial charge in [-0.05, 0) is 42.0 Å². The molecule has 0 spiro atoms. The SMILES string of the molecule is O=C(/C=C/c1cccc(-c2nc3ccccc3n2-c2ccccc2)c1)NO. The molecule has 0 aliphatic rings. The Balaban J connectivity index is 1.87. The van der Waals surface area contributed by atoms with Gasteiger partial charge in [0, 0.05) is 17.3 Å². The number of carbonyl (C=O) groups is 1. The van der Waals surface area contributed by atoms with Gasteiger partial charge in [0.25, 0.3) is 5.91 Å². The molecule has 132 valence electrons. The van der Waals surface area contributed by atoms with Gasteiger partial charge in [0.15, 0.2) is 0 Å². The van der Waals surface area contributed by atoms with Crippen LogP contribution in [0.5, 0.6) is 0 Å². The van der Waals surface area contributed by atoms with E-state index in [2.05, 4.69) is 4.57 Å². The zero-order valence-corrected chi connectivity index (χ0v) is 14.4. The summed E-state index contributed by atoms with van der Waals surface area (Å²) in [4.78, 5) is 16.1. The van der Waals surface area contributed by atoms with Gasteiger partial charge in [-0.2, -0.15) is 0 Å². The fourth-order valence-corrected chi connectivity index (χ4v) is 3.05. The Labute approximate surface area is 156 Å². The van der Waals surface area contributed by atoms with E-state index in [-0.39, 0.29) is 0 Å². The van der Waals surface area contributed by atoms with E-state index in [1.54, 1.807) is 11.6 Å². The lowest BCUT2D eigenvalue weighted by atomic mass is 10.1. The third kappa shape index (κ3) is 3.36. The van der Waals surface area contributed by atoms with Crippen molar-refractivity contribution < 1.29 is 10.0 Å². The molecule has 5 nitrogen and oxygen atoms in total. The van der Waals surface area contributed by atoms with Gasteiger partial charge in [-0.15, -0.1) is 0 Å². The Morgan fingerprint density at radius 3 is 2.56 bits per heavy atom. The van der Waals surface area contributed by atoms with Crippen LogP contribution in [0.3, 0.4) is 0 Å². The van der Waals surface area contributed by atoms with E-state index in [1.807, 2.05) is 78.9 Å². The molecule has 0 saturated carbocycles. The molecular weight excluding hydrogens is 338 g/mol. The number of benzene rings is 3. The average Bonchev–Trinajstić information content (AvgIpc) is 3.12. The third-order valence-corrected chi connectivity index (χ3v) is 4.26. The summed E-state index contributed by atoms with van der Waals surface area (Å²) < 4.78 is 2.12. The number of nitrogens with zero attached hydrogens (tertiary/aromatic N) is 2. The van der Waals surface area contributed by atoms with Crippen LogP contribution in [0.4, 0.5) is 0 Å². The van der Waals surface area contributed by atoms with Gasteiger partial charge in [0.2, 0.25) is 0 Å². The quantitative estimate of drug-likeness (QED) is 0.327. The smallest absolute Gasteiger partial charge is 0.267 e. The number of imidazole rings is 1. The van der Waals surface area contributed by atoms with E-state index >= 15 is 0 Å². The summed E-state index contributed by atoms with van der Waals surface area (Å²) in [7, 11) is 0. The lowest BCUT2D eigenvalue weighted by Gasteiger charge is -2.10. The van der Waals surface area contributed by atoms with Crippen LogP contribution < -0.4 is 5.48 Å². The second-order valence-electron chi connectivity index (χ2n) is 6.03. The molecule has 1 heterocycles. The zero-order valence-electron chi connectivity index (χ0n) is 14.4. The molecule has 1 aromatic heterocycles. The Morgan fingerprint density at radius 2 is 1.74 bits per heavy atom. The topological polar surface area (TPSA) is 67.2 Å². The molecule has 0 aliphatic heterocycles. The maximum absolute atomic E-state index is 11.2. The van der Waals surface area contributed by atoms with Crippen molar-refractivity contribution in [3.8, 4) is 17.1 Å². The number of para-hydroxylation sites is 3. The Bertz CT molecular complexity index is 1130. The van der Waals surface area contributed by atoms with E-state index in [4.69, 9.17) is 10.2 Å². The second kappa shape index (κ2) is 7.27. The normalized spacial score (nSPS) is 11.1. The van der Waals surface area contributed by atoms with Gasteiger partial charge in [-0.1, -0.05) is 48.5 Å². The molecular formula is C22H17N3O2. The van der Waals surface area contributed by atoms with Crippen LogP contribution in [0.15, 0.2) is 84.9 Å². The van der Waals surface area contributed by atoms with Crippen LogP contribution in [0, 0.1) is 0 Å². The predicted octanol–water partition coefficient (Wildman–Crippen LogP) is 4.21. The Hall–Kier alpha value is -3.70. The molecule has 0 unspecified atom stereocenters. The molecule has 0 aliphatic carbocycles. The summed E-state index contributed by atoms with van der Waals surface area (Å²) in [5.74, 6) is 0.251. The number of nitrogens with one attached hydrogen (secondary N) is 1. The number of rotatable bonds is 4. The van der Waals surface area contributed by atoms with Crippen molar-refractivity contribution in [1.29, 1.82) is 0 Å². The standard InChI is InChI=1S/C22H17N3O2/c26-21(24-27)14-13-16-7-6-8-17(15-16)22-23-19-11-4-5-12-20(19)25(22)18-9-2-1-3-10-18/h1-15,27H,(H,24,26)/b14-13+. The second-order valence-corrected chi connectivity index (χ2v) is 6.03. The molecule has 0 saturated heterocycles. The number of amides is 1. The minimum Gasteiger partial charge on any atom is -0.292 e. The van der Waals surface area contributed by atoms with Crippen LogP contribution in [-0.4, -0.2) is 20.7 Å².